The van der Waals surface area contributed by atoms with E-state index in [9.17, 15) is 0 Å². The Hall–Kier alpha value is -1.18. The third kappa shape index (κ3) is 2.09. The minimum atomic E-state index is 0.583. The van der Waals surface area contributed by atoms with E-state index in [-0.39, 0.29) is 0 Å². The summed E-state index contributed by atoms with van der Waals surface area (Å²) in [4.78, 5) is 0. The Morgan fingerprint density at radius 2 is 1.53 bits per heavy atom. The standard InChI is InChI=1S/C12H9Cl2N/c13-9-6-4-8(5-7-9)10-2-1-3-11(15)12(10)14/h1-7H,15H2. The van der Waals surface area contributed by atoms with Gasteiger partial charge in [0, 0.05) is 10.6 Å². The zero-order valence-corrected chi connectivity index (χ0v) is 9.39. The number of halogens is 2. The fourth-order valence-electron chi connectivity index (χ4n) is 1.40. The summed E-state index contributed by atoms with van der Waals surface area (Å²) in [5.74, 6) is 0. The first-order valence-corrected chi connectivity index (χ1v) is 5.24. The van der Waals surface area contributed by atoms with E-state index in [0.717, 1.165) is 11.1 Å². The molecule has 0 saturated carbocycles. The number of hydrogen-bond donors (Lipinski definition) is 1. The molecule has 0 spiro atoms. The highest BCUT2D eigenvalue weighted by molar-refractivity contribution is 6.35. The predicted molar refractivity (Wildman–Crippen MR) is 66.3 cm³/mol. The van der Waals surface area contributed by atoms with Crippen LogP contribution in [0.25, 0.3) is 11.1 Å². The van der Waals surface area contributed by atoms with Crippen molar-refractivity contribution in [3.05, 3.63) is 52.5 Å². The van der Waals surface area contributed by atoms with Crippen molar-refractivity contribution in [3.8, 4) is 11.1 Å². The second kappa shape index (κ2) is 4.13. The van der Waals surface area contributed by atoms with Crippen LogP contribution in [-0.4, -0.2) is 0 Å². The molecule has 2 aromatic rings. The molecule has 1 nitrogen and oxygen atoms in total. The average molecular weight is 238 g/mol. The fraction of sp³-hybridized carbons (Fsp3) is 0. The number of benzene rings is 2. The van der Waals surface area contributed by atoms with Crippen molar-refractivity contribution >= 4 is 28.9 Å². The zero-order valence-electron chi connectivity index (χ0n) is 7.87. The Balaban J connectivity index is 2.54. The number of anilines is 1. The molecule has 2 N–H and O–H groups in total. The molecule has 0 aliphatic rings. The molecule has 0 fully saturated rings. The first-order chi connectivity index (χ1) is 7.18. The molecular formula is C12H9Cl2N. The van der Waals surface area contributed by atoms with Crippen LogP contribution in [0.4, 0.5) is 5.69 Å². The van der Waals surface area contributed by atoms with Gasteiger partial charge in [-0.2, -0.15) is 0 Å². The lowest BCUT2D eigenvalue weighted by atomic mass is 10.1. The van der Waals surface area contributed by atoms with Crippen LogP contribution in [0.1, 0.15) is 0 Å². The molecule has 0 saturated heterocycles. The molecular weight excluding hydrogens is 229 g/mol. The van der Waals surface area contributed by atoms with E-state index in [4.69, 9.17) is 28.9 Å². The molecule has 15 heavy (non-hydrogen) atoms. The van der Waals surface area contributed by atoms with Crippen LogP contribution >= 0.6 is 23.2 Å². The lowest BCUT2D eigenvalue weighted by molar-refractivity contribution is 1.61. The van der Waals surface area contributed by atoms with Crippen LogP contribution < -0.4 is 5.73 Å². The van der Waals surface area contributed by atoms with Crippen LogP contribution in [-0.2, 0) is 0 Å². The third-order valence-corrected chi connectivity index (χ3v) is 2.86. The monoisotopic (exact) mass is 237 g/mol. The Labute approximate surface area is 98.4 Å². The summed E-state index contributed by atoms with van der Waals surface area (Å²) in [5, 5.41) is 1.29. The van der Waals surface area contributed by atoms with Crippen molar-refractivity contribution in [1.82, 2.24) is 0 Å². The lowest BCUT2D eigenvalue weighted by Gasteiger charge is -2.06. The molecule has 0 aliphatic heterocycles. The molecule has 0 atom stereocenters. The Kier molecular flexibility index (Phi) is 2.85. The molecule has 0 radical (unpaired) electrons. The van der Waals surface area contributed by atoms with Crippen molar-refractivity contribution in [2.24, 2.45) is 0 Å². The molecule has 2 rings (SSSR count). The summed E-state index contributed by atoms with van der Waals surface area (Å²) >= 11 is 11.9. The molecule has 0 bridgehead atoms. The zero-order chi connectivity index (χ0) is 10.8. The summed E-state index contributed by atoms with van der Waals surface area (Å²) in [6.07, 6.45) is 0. The van der Waals surface area contributed by atoms with E-state index in [1.54, 1.807) is 6.07 Å². The third-order valence-electron chi connectivity index (χ3n) is 2.18. The number of hydrogen-bond acceptors (Lipinski definition) is 1. The second-order valence-electron chi connectivity index (χ2n) is 3.22. The molecule has 0 aromatic heterocycles. The van der Waals surface area contributed by atoms with Gasteiger partial charge in [0.05, 0.1) is 10.7 Å². The second-order valence-corrected chi connectivity index (χ2v) is 4.03. The molecule has 0 amide bonds. The largest absolute Gasteiger partial charge is 0.398 e. The summed E-state index contributed by atoms with van der Waals surface area (Å²) in [7, 11) is 0. The number of nitrogen functional groups attached to an aromatic ring is 1. The minimum Gasteiger partial charge on any atom is -0.398 e. The minimum absolute atomic E-state index is 0.583. The molecule has 76 valence electrons. The van der Waals surface area contributed by atoms with Gasteiger partial charge in [-0.25, -0.2) is 0 Å². The maximum absolute atomic E-state index is 6.11. The van der Waals surface area contributed by atoms with Gasteiger partial charge in [0.1, 0.15) is 0 Å². The fourth-order valence-corrected chi connectivity index (χ4v) is 1.76. The van der Waals surface area contributed by atoms with Crippen LogP contribution in [0.2, 0.25) is 10.0 Å². The average Bonchev–Trinajstić information content (AvgIpc) is 2.24. The Bertz CT molecular complexity index is 477. The SMILES string of the molecule is Nc1cccc(-c2ccc(Cl)cc2)c1Cl. The molecule has 0 unspecified atom stereocenters. The summed E-state index contributed by atoms with van der Waals surface area (Å²) < 4.78 is 0. The topological polar surface area (TPSA) is 26.0 Å². The quantitative estimate of drug-likeness (QED) is 0.738. The van der Waals surface area contributed by atoms with E-state index in [2.05, 4.69) is 0 Å². The van der Waals surface area contributed by atoms with E-state index >= 15 is 0 Å². The van der Waals surface area contributed by atoms with Gasteiger partial charge in [-0.05, 0) is 23.8 Å². The normalized spacial score (nSPS) is 10.3. The van der Waals surface area contributed by atoms with Gasteiger partial charge in [0.2, 0.25) is 0 Å². The first kappa shape index (κ1) is 10.3. The van der Waals surface area contributed by atoms with Crippen molar-refractivity contribution < 1.29 is 0 Å². The Morgan fingerprint density at radius 3 is 2.20 bits per heavy atom. The van der Waals surface area contributed by atoms with Crippen LogP contribution in [0, 0.1) is 0 Å². The van der Waals surface area contributed by atoms with E-state index in [1.165, 1.54) is 0 Å². The van der Waals surface area contributed by atoms with E-state index in [1.807, 2.05) is 36.4 Å². The molecule has 0 aliphatic carbocycles. The van der Waals surface area contributed by atoms with Crippen molar-refractivity contribution in [3.63, 3.8) is 0 Å². The summed E-state index contributed by atoms with van der Waals surface area (Å²) in [5.41, 5.74) is 8.25. The maximum atomic E-state index is 6.11. The van der Waals surface area contributed by atoms with Crippen molar-refractivity contribution in [2.45, 2.75) is 0 Å². The smallest absolute Gasteiger partial charge is 0.0713 e. The summed E-state index contributed by atoms with van der Waals surface area (Å²) in [6, 6.07) is 13.1. The molecule has 3 heteroatoms. The highest BCUT2D eigenvalue weighted by Crippen LogP contribution is 2.32. The summed E-state index contributed by atoms with van der Waals surface area (Å²) in [6.45, 7) is 0. The van der Waals surface area contributed by atoms with Gasteiger partial charge >= 0.3 is 0 Å². The highest BCUT2D eigenvalue weighted by atomic mass is 35.5. The van der Waals surface area contributed by atoms with Gasteiger partial charge in [-0.15, -0.1) is 0 Å². The van der Waals surface area contributed by atoms with Gasteiger partial charge in [-0.3, -0.25) is 0 Å². The van der Waals surface area contributed by atoms with Gasteiger partial charge in [0.15, 0.2) is 0 Å². The lowest BCUT2D eigenvalue weighted by Crippen LogP contribution is -1.88. The van der Waals surface area contributed by atoms with E-state index < -0.39 is 0 Å². The number of nitrogens with two attached hydrogens (primary N) is 1. The van der Waals surface area contributed by atoms with Crippen molar-refractivity contribution in [2.75, 3.05) is 5.73 Å². The Morgan fingerprint density at radius 1 is 0.867 bits per heavy atom. The predicted octanol–water partition coefficient (Wildman–Crippen LogP) is 4.24. The van der Waals surface area contributed by atoms with Gasteiger partial charge < -0.3 is 5.73 Å². The van der Waals surface area contributed by atoms with Crippen molar-refractivity contribution in [1.29, 1.82) is 0 Å². The van der Waals surface area contributed by atoms with Gasteiger partial charge in [-0.1, -0.05) is 47.5 Å². The maximum Gasteiger partial charge on any atom is 0.0713 e. The van der Waals surface area contributed by atoms with Gasteiger partial charge in [0.25, 0.3) is 0 Å². The van der Waals surface area contributed by atoms with E-state index in [0.29, 0.717) is 15.7 Å². The van der Waals surface area contributed by atoms with Crippen LogP contribution in [0.5, 0.6) is 0 Å². The highest BCUT2D eigenvalue weighted by Gasteiger charge is 2.05. The van der Waals surface area contributed by atoms with Crippen LogP contribution in [0.3, 0.4) is 0 Å². The number of rotatable bonds is 1. The molecule has 2 aromatic carbocycles. The first-order valence-electron chi connectivity index (χ1n) is 4.48. The van der Waals surface area contributed by atoms with Crippen LogP contribution in [0.15, 0.2) is 42.5 Å². The molecule has 0 heterocycles.